The lowest BCUT2D eigenvalue weighted by molar-refractivity contribution is -0.127. The van der Waals surface area contributed by atoms with Crippen molar-refractivity contribution in [1.29, 1.82) is 0 Å². The summed E-state index contributed by atoms with van der Waals surface area (Å²) in [6.45, 7) is 7.13. The Bertz CT molecular complexity index is 545. The van der Waals surface area contributed by atoms with Crippen LogP contribution in [-0.4, -0.2) is 50.6 Å². The van der Waals surface area contributed by atoms with Gasteiger partial charge in [0.15, 0.2) is 5.96 Å². The molecule has 0 aromatic heterocycles. The van der Waals surface area contributed by atoms with Gasteiger partial charge in [0.05, 0.1) is 20.2 Å². The number of nitrogens with zero attached hydrogens (tertiary/aromatic N) is 2. The lowest BCUT2D eigenvalue weighted by Gasteiger charge is -2.21. The third-order valence-corrected chi connectivity index (χ3v) is 3.85. The van der Waals surface area contributed by atoms with Gasteiger partial charge in [0.25, 0.3) is 0 Å². The van der Waals surface area contributed by atoms with E-state index in [1.165, 1.54) is 0 Å². The number of likely N-dealkylation sites (N-methyl/N-ethyl adjacent to an activating group) is 1. The molecule has 0 aliphatic rings. The molecule has 6 nitrogen and oxygen atoms in total. The first kappa shape index (κ1) is 23.5. The molecule has 0 bridgehead atoms. The lowest BCUT2D eigenvalue weighted by Crippen LogP contribution is -2.47. The molecule has 0 aliphatic heterocycles. The number of guanidine groups is 1. The third kappa shape index (κ3) is 8.94. The van der Waals surface area contributed by atoms with Crippen molar-refractivity contribution in [2.75, 3.05) is 27.7 Å². The van der Waals surface area contributed by atoms with E-state index in [1.807, 2.05) is 24.3 Å². The Morgan fingerprint density at radius 1 is 1.20 bits per heavy atom. The van der Waals surface area contributed by atoms with Crippen molar-refractivity contribution in [3.05, 3.63) is 29.8 Å². The van der Waals surface area contributed by atoms with Crippen LogP contribution in [0.1, 0.15) is 26.3 Å². The number of carbonyl (C=O) groups excluding carboxylic acids is 1. The summed E-state index contributed by atoms with van der Waals surface area (Å²) >= 11 is 0. The Morgan fingerprint density at radius 3 is 2.28 bits per heavy atom. The predicted molar refractivity (Wildman–Crippen MR) is 114 cm³/mol. The Morgan fingerprint density at radius 2 is 1.80 bits per heavy atom. The molecule has 7 heteroatoms. The summed E-state index contributed by atoms with van der Waals surface area (Å²) in [6, 6.07) is 8.05. The van der Waals surface area contributed by atoms with Crippen molar-refractivity contribution < 1.29 is 9.53 Å². The lowest BCUT2D eigenvalue weighted by atomic mass is 10.1. The number of rotatable bonds is 7. The van der Waals surface area contributed by atoms with Gasteiger partial charge in [-0.3, -0.25) is 4.79 Å². The Kier molecular flexibility index (Phi) is 11.2. The van der Waals surface area contributed by atoms with E-state index < -0.39 is 0 Å². The second-order valence-electron chi connectivity index (χ2n) is 6.33. The second-order valence-corrected chi connectivity index (χ2v) is 6.33. The van der Waals surface area contributed by atoms with Gasteiger partial charge in [-0.25, -0.2) is 4.99 Å². The van der Waals surface area contributed by atoms with Crippen LogP contribution in [0.15, 0.2) is 29.3 Å². The molecule has 1 atom stereocenters. The van der Waals surface area contributed by atoms with Crippen LogP contribution in [0.3, 0.4) is 0 Å². The number of nitrogens with one attached hydrogen (secondary N) is 2. The molecule has 25 heavy (non-hydrogen) atoms. The molecule has 1 aromatic rings. The number of amides is 1. The highest BCUT2D eigenvalue weighted by atomic mass is 127. The van der Waals surface area contributed by atoms with Gasteiger partial charge in [-0.05, 0) is 30.5 Å². The highest BCUT2D eigenvalue weighted by Gasteiger charge is 2.11. The molecule has 0 radical (unpaired) electrons. The fourth-order valence-corrected chi connectivity index (χ4v) is 1.75. The number of aliphatic imine (C=N–C) groups is 1. The van der Waals surface area contributed by atoms with Crippen molar-refractivity contribution in [3.8, 4) is 5.75 Å². The molecule has 1 aromatic carbocycles. The van der Waals surface area contributed by atoms with E-state index in [0.717, 1.165) is 11.3 Å². The van der Waals surface area contributed by atoms with E-state index in [0.29, 0.717) is 18.4 Å². The van der Waals surface area contributed by atoms with Gasteiger partial charge in [-0.2, -0.15) is 0 Å². The van der Waals surface area contributed by atoms with E-state index in [2.05, 4.69) is 36.4 Å². The van der Waals surface area contributed by atoms with Crippen LogP contribution in [0.5, 0.6) is 5.75 Å². The molecule has 0 spiro atoms. The fraction of sp³-hybridized carbons (Fsp3) is 0.556. The second kappa shape index (κ2) is 11.9. The summed E-state index contributed by atoms with van der Waals surface area (Å²) in [5, 5.41) is 6.45. The molecule has 0 saturated heterocycles. The van der Waals surface area contributed by atoms with E-state index >= 15 is 0 Å². The van der Waals surface area contributed by atoms with E-state index in [4.69, 9.17) is 4.74 Å². The van der Waals surface area contributed by atoms with Crippen LogP contribution in [0, 0.1) is 5.92 Å². The summed E-state index contributed by atoms with van der Waals surface area (Å²) in [5.41, 5.74) is 1.08. The topological polar surface area (TPSA) is 66.0 Å². The molecule has 2 N–H and O–H groups in total. The molecular formula is C18H31IN4O2. The number of methoxy groups -OCH3 is 1. The van der Waals surface area contributed by atoms with Gasteiger partial charge in [0.1, 0.15) is 5.75 Å². The summed E-state index contributed by atoms with van der Waals surface area (Å²) < 4.78 is 5.16. The molecule has 0 saturated carbocycles. The zero-order valence-electron chi connectivity index (χ0n) is 16.0. The van der Waals surface area contributed by atoms with Crippen LogP contribution in [-0.2, 0) is 11.3 Å². The predicted octanol–water partition coefficient (Wildman–Crippen LogP) is 2.48. The van der Waals surface area contributed by atoms with Gasteiger partial charge >= 0.3 is 0 Å². The smallest absolute Gasteiger partial charge is 0.241 e. The Labute approximate surface area is 168 Å². The maximum atomic E-state index is 11.8. The van der Waals surface area contributed by atoms with Crippen LogP contribution in [0.4, 0.5) is 0 Å². The molecule has 1 unspecified atom stereocenters. The molecule has 0 fully saturated rings. The molecule has 0 aliphatic carbocycles. The van der Waals surface area contributed by atoms with Gasteiger partial charge in [-0.15, -0.1) is 24.0 Å². The number of ether oxygens (including phenoxy) is 1. The first-order valence-electron chi connectivity index (χ1n) is 8.21. The van der Waals surface area contributed by atoms with Gasteiger partial charge in [-0.1, -0.05) is 26.0 Å². The van der Waals surface area contributed by atoms with Crippen LogP contribution >= 0.6 is 24.0 Å². The SMILES string of the molecule is COc1ccc(CN=C(NCC(=O)N(C)C)NC(C)C(C)C)cc1.I. The highest BCUT2D eigenvalue weighted by molar-refractivity contribution is 14.0. The largest absolute Gasteiger partial charge is 0.497 e. The number of benzene rings is 1. The highest BCUT2D eigenvalue weighted by Crippen LogP contribution is 2.11. The average Bonchev–Trinajstić information content (AvgIpc) is 2.56. The summed E-state index contributed by atoms with van der Waals surface area (Å²) in [7, 11) is 5.12. The number of hydrogen-bond acceptors (Lipinski definition) is 3. The number of halogens is 1. The summed E-state index contributed by atoms with van der Waals surface area (Å²) in [6.07, 6.45) is 0. The molecule has 1 rings (SSSR count). The maximum absolute atomic E-state index is 11.8. The van der Waals surface area contributed by atoms with Crippen molar-refractivity contribution in [3.63, 3.8) is 0 Å². The van der Waals surface area contributed by atoms with Crippen molar-refractivity contribution >= 4 is 35.8 Å². The average molecular weight is 462 g/mol. The molecule has 0 heterocycles. The van der Waals surface area contributed by atoms with E-state index in [9.17, 15) is 4.79 Å². The van der Waals surface area contributed by atoms with Crippen molar-refractivity contribution in [2.45, 2.75) is 33.4 Å². The maximum Gasteiger partial charge on any atom is 0.241 e. The summed E-state index contributed by atoms with van der Waals surface area (Å²) in [5.74, 6) is 1.93. The monoisotopic (exact) mass is 462 g/mol. The number of carbonyl (C=O) groups is 1. The van der Waals surface area contributed by atoms with Gasteiger partial charge < -0.3 is 20.3 Å². The fourth-order valence-electron chi connectivity index (χ4n) is 1.75. The molecule has 1 amide bonds. The van der Waals surface area contributed by atoms with Gasteiger partial charge in [0.2, 0.25) is 5.91 Å². The molecule has 142 valence electrons. The third-order valence-electron chi connectivity index (χ3n) is 3.85. The Balaban J connectivity index is 0.00000576. The summed E-state index contributed by atoms with van der Waals surface area (Å²) in [4.78, 5) is 17.9. The van der Waals surface area contributed by atoms with Crippen molar-refractivity contribution in [1.82, 2.24) is 15.5 Å². The standard InChI is InChI=1S/C18H30N4O2.HI/c1-13(2)14(3)21-18(20-12-17(23)22(4)5)19-11-15-7-9-16(24-6)10-8-15;/h7-10,13-14H,11-12H2,1-6H3,(H2,19,20,21);1H. The first-order chi connectivity index (χ1) is 11.3. The van der Waals surface area contributed by atoms with Crippen LogP contribution < -0.4 is 15.4 Å². The van der Waals surface area contributed by atoms with Crippen LogP contribution in [0.2, 0.25) is 0 Å². The van der Waals surface area contributed by atoms with E-state index in [1.54, 1.807) is 26.1 Å². The minimum absolute atomic E-state index is 0. The zero-order valence-corrected chi connectivity index (χ0v) is 18.3. The van der Waals surface area contributed by atoms with Gasteiger partial charge in [0, 0.05) is 20.1 Å². The normalized spacial score (nSPS) is 12.2. The number of hydrogen-bond donors (Lipinski definition) is 2. The quantitative estimate of drug-likeness (QED) is 0.371. The van der Waals surface area contributed by atoms with Crippen molar-refractivity contribution in [2.24, 2.45) is 10.9 Å². The Hall–Kier alpha value is -1.51. The molecular weight excluding hydrogens is 431 g/mol. The minimum Gasteiger partial charge on any atom is -0.497 e. The first-order valence-corrected chi connectivity index (χ1v) is 8.21. The zero-order chi connectivity index (χ0) is 18.1. The van der Waals surface area contributed by atoms with E-state index in [-0.39, 0.29) is 42.5 Å². The van der Waals surface area contributed by atoms with Crippen LogP contribution in [0.25, 0.3) is 0 Å². The minimum atomic E-state index is 0.